The SMILES string of the molecule is CCc1ccc([C@@H](N)CCCO)cc1. The Morgan fingerprint density at radius 2 is 1.93 bits per heavy atom. The van der Waals surface area contributed by atoms with Crippen LogP contribution in [0.15, 0.2) is 24.3 Å². The molecule has 1 aromatic carbocycles. The number of rotatable bonds is 5. The second-order valence-electron chi connectivity index (χ2n) is 3.57. The van der Waals surface area contributed by atoms with E-state index in [1.54, 1.807) is 0 Å². The molecule has 0 spiro atoms. The summed E-state index contributed by atoms with van der Waals surface area (Å²) in [4.78, 5) is 0. The Hall–Kier alpha value is -0.860. The number of aryl methyl sites for hydroxylation is 1. The van der Waals surface area contributed by atoms with E-state index in [1.807, 2.05) is 0 Å². The summed E-state index contributed by atoms with van der Waals surface area (Å²) in [7, 11) is 0. The lowest BCUT2D eigenvalue weighted by molar-refractivity contribution is 0.280. The molecule has 1 aromatic rings. The van der Waals surface area contributed by atoms with E-state index >= 15 is 0 Å². The van der Waals surface area contributed by atoms with Crippen molar-refractivity contribution in [1.82, 2.24) is 0 Å². The predicted octanol–water partition coefficient (Wildman–Crippen LogP) is 2.02. The van der Waals surface area contributed by atoms with Crippen molar-refractivity contribution in [3.63, 3.8) is 0 Å². The third kappa shape index (κ3) is 3.13. The van der Waals surface area contributed by atoms with Crippen LogP contribution in [0.3, 0.4) is 0 Å². The first-order valence-corrected chi connectivity index (χ1v) is 5.23. The van der Waals surface area contributed by atoms with E-state index in [4.69, 9.17) is 10.8 Å². The van der Waals surface area contributed by atoms with Crippen molar-refractivity contribution in [3.05, 3.63) is 35.4 Å². The Labute approximate surface area is 85.8 Å². The Morgan fingerprint density at radius 3 is 2.43 bits per heavy atom. The van der Waals surface area contributed by atoms with Gasteiger partial charge in [-0.3, -0.25) is 0 Å². The second kappa shape index (κ2) is 5.78. The quantitative estimate of drug-likeness (QED) is 0.751. The van der Waals surface area contributed by atoms with Crippen LogP contribution in [0.25, 0.3) is 0 Å². The van der Waals surface area contributed by atoms with E-state index in [9.17, 15) is 0 Å². The molecular weight excluding hydrogens is 174 g/mol. The maximum Gasteiger partial charge on any atom is 0.0431 e. The summed E-state index contributed by atoms with van der Waals surface area (Å²) < 4.78 is 0. The summed E-state index contributed by atoms with van der Waals surface area (Å²) in [5.41, 5.74) is 8.46. The highest BCUT2D eigenvalue weighted by Crippen LogP contribution is 2.16. The first-order chi connectivity index (χ1) is 6.77. The van der Waals surface area contributed by atoms with Gasteiger partial charge < -0.3 is 10.8 Å². The van der Waals surface area contributed by atoms with Gasteiger partial charge in [-0.1, -0.05) is 31.2 Å². The minimum atomic E-state index is 0.0630. The van der Waals surface area contributed by atoms with Crippen LogP contribution in [0.1, 0.15) is 36.9 Å². The molecule has 0 radical (unpaired) electrons. The molecule has 3 N–H and O–H groups in total. The summed E-state index contributed by atoms with van der Waals surface area (Å²) >= 11 is 0. The molecule has 0 fully saturated rings. The molecule has 2 heteroatoms. The summed E-state index contributed by atoms with van der Waals surface area (Å²) in [5, 5.41) is 8.69. The average molecular weight is 193 g/mol. The zero-order valence-corrected chi connectivity index (χ0v) is 8.74. The van der Waals surface area contributed by atoms with Crippen molar-refractivity contribution < 1.29 is 5.11 Å². The molecule has 78 valence electrons. The lowest BCUT2D eigenvalue weighted by Crippen LogP contribution is -2.10. The van der Waals surface area contributed by atoms with Crippen LogP contribution in [0.5, 0.6) is 0 Å². The standard InChI is InChI=1S/C12H19NO/c1-2-10-5-7-11(8-6-10)12(13)4-3-9-14/h5-8,12,14H,2-4,9,13H2,1H3/t12-/m0/s1. The maximum atomic E-state index is 8.69. The number of hydrogen-bond donors (Lipinski definition) is 2. The largest absolute Gasteiger partial charge is 0.396 e. The zero-order chi connectivity index (χ0) is 10.4. The van der Waals surface area contributed by atoms with Gasteiger partial charge in [0, 0.05) is 12.6 Å². The number of benzene rings is 1. The van der Waals surface area contributed by atoms with Gasteiger partial charge in [0.1, 0.15) is 0 Å². The van der Waals surface area contributed by atoms with E-state index in [-0.39, 0.29) is 12.6 Å². The molecule has 0 aromatic heterocycles. The van der Waals surface area contributed by atoms with Gasteiger partial charge in [-0.2, -0.15) is 0 Å². The number of aliphatic hydroxyl groups excluding tert-OH is 1. The van der Waals surface area contributed by atoms with Gasteiger partial charge in [0.15, 0.2) is 0 Å². The molecule has 1 rings (SSSR count). The van der Waals surface area contributed by atoms with Crippen molar-refractivity contribution in [2.24, 2.45) is 5.73 Å². The van der Waals surface area contributed by atoms with Gasteiger partial charge in [-0.15, -0.1) is 0 Å². The number of nitrogens with two attached hydrogens (primary N) is 1. The van der Waals surface area contributed by atoms with E-state index in [0.29, 0.717) is 0 Å². The molecule has 0 aliphatic heterocycles. The van der Waals surface area contributed by atoms with E-state index in [2.05, 4.69) is 31.2 Å². The minimum absolute atomic E-state index is 0.0630. The highest BCUT2D eigenvalue weighted by Gasteiger charge is 2.04. The van der Waals surface area contributed by atoms with Gasteiger partial charge in [0.25, 0.3) is 0 Å². The van der Waals surface area contributed by atoms with E-state index in [1.165, 1.54) is 5.56 Å². The van der Waals surface area contributed by atoms with Gasteiger partial charge in [-0.25, -0.2) is 0 Å². The molecule has 0 unspecified atom stereocenters. The summed E-state index contributed by atoms with van der Waals surface area (Å²) in [6.07, 6.45) is 2.69. The van der Waals surface area contributed by atoms with Gasteiger partial charge in [0.05, 0.1) is 0 Å². The third-order valence-corrected chi connectivity index (χ3v) is 2.49. The van der Waals surface area contributed by atoms with Gasteiger partial charge >= 0.3 is 0 Å². The first kappa shape index (κ1) is 11.2. The lowest BCUT2D eigenvalue weighted by Gasteiger charge is -2.11. The first-order valence-electron chi connectivity index (χ1n) is 5.23. The predicted molar refractivity (Wildman–Crippen MR) is 59.1 cm³/mol. The topological polar surface area (TPSA) is 46.2 Å². The van der Waals surface area contributed by atoms with Gasteiger partial charge in [-0.05, 0) is 30.4 Å². The molecule has 0 bridgehead atoms. The van der Waals surface area contributed by atoms with Crippen LogP contribution in [0.4, 0.5) is 0 Å². The van der Waals surface area contributed by atoms with Crippen LogP contribution in [0.2, 0.25) is 0 Å². The monoisotopic (exact) mass is 193 g/mol. The van der Waals surface area contributed by atoms with Crippen molar-refractivity contribution in [2.45, 2.75) is 32.2 Å². The number of aliphatic hydroxyl groups is 1. The fraction of sp³-hybridized carbons (Fsp3) is 0.500. The molecule has 0 amide bonds. The fourth-order valence-electron chi connectivity index (χ4n) is 1.48. The molecule has 0 heterocycles. The minimum Gasteiger partial charge on any atom is -0.396 e. The molecule has 0 aliphatic rings. The Bertz CT molecular complexity index is 256. The van der Waals surface area contributed by atoms with Crippen LogP contribution in [-0.4, -0.2) is 11.7 Å². The molecule has 0 saturated carbocycles. The summed E-state index contributed by atoms with van der Waals surface area (Å²) in [6.45, 7) is 2.36. The average Bonchev–Trinajstić information content (AvgIpc) is 2.26. The van der Waals surface area contributed by atoms with E-state index in [0.717, 1.165) is 24.8 Å². The second-order valence-corrected chi connectivity index (χ2v) is 3.57. The Morgan fingerprint density at radius 1 is 1.29 bits per heavy atom. The van der Waals surface area contributed by atoms with E-state index < -0.39 is 0 Å². The van der Waals surface area contributed by atoms with Crippen LogP contribution in [0, 0.1) is 0 Å². The Balaban J connectivity index is 2.57. The zero-order valence-electron chi connectivity index (χ0n) is 8.74. The molecule has 0 saturated heterocycles. The fourth-order valence-corrected chi connectivity index (χ4v) is 1.48. The molecule has 1 atom stereocenters. The highest BCUT2D eigenvalue weighted by molar-refractivity contribution is 5.24. The molecule has 0 aliphatic carbocycles. The Kier molecular flexibility index (Phi) is 4.63. The van der Waals surface area contributed by atoms with Crippen LogP contribution in [-0.2, 0) is 6.42 Å². The van der Waals surface area contributed by atoms with Crippen LogP contribution >= 0.6 is 0 Å². The normalized spacial score (nSPS) is 12.8. The van der Waals surface area contributed by atoms with Gasteiger partial charge in [0.2, 0.25) is 0 Å². The molecule has 2 nitrogen and oxygen atoms in total. The van der Waals surface area contributed by atoms with Crippen molar-refractivity contribution in [1.29, 1.82) is 0 Å². The van der Waals surface area contributed by atoms with Crippen molar-refractivity contribution in [3.8, 4) is 0 Å². The highest BCUT2D eigenvalue weighted by atomic mass is 16.2. The third-order valence-electron chi connectivity index (χ3n) is 2.49. The lowest BCUT2D eigenvalue weighted by atomic mass is 10.0. The smallest absolute Gasteiger partial charge is 0.0431 e. The molecular formula is C12H19NO. The summed E-state index contributed by atoms with van der Waals surface area (Å²) in [5.74, 6) is 0. The van der Waals surface area contributed by atoms with Crippen molar-refractivity contribution >= 4 is 0 Å². The number of hydrogen-bond acceptors (Lipinski definition) is 2. The van der Waals surface area contributed by atoms with Crippen molar-refractivity contribution in [2.75, 3.05) is 6.61 Å². The summed E-state index contributed by atoms with van der Waals surface area (Å²) in [6, 6.07) is 8.47. The van der Waals surface area contributed by atoms with Crippen LogP contribution < -0.4 is 5.73 Å². The maximum absolute atomic E-state index is 8.69. The molecule has 14 heavy (non-hydrogen) atoms.